The molecule has 2 aliphatic heterocycles. The molecule has 0 radical (unpaired) electrons. The topological polar surface area (TPSA) is 114 Å². The molecule has 0 aromatic carbocycles. The first kappa shape index (κ1) is 10.8. The van der Waals surface area contributed by atoms with Crippen LogP contribution < -0.4 is 0 Å². The van der Waals surface area contributed by atoms with Crippen molar-refractivity contribution in [3.8, 4) is 0 Å². The Bertz CT molecular complexity index is 446. The average molecular weight is 241 g/mol. The number of carbonyl (C=O) groups is 1. The van der Waals surface area contributed by atoms with Gasteiger partial charge in [0.05, 0.1) is 0 Å². The van der Waals surface area contributed by atoms with E-state index in [1.165, 1.54) is 0 Å². The maximum atomic E-state index is 11.7. The van der Waals surface area contributed by atoms with E-state index in [1.807, 2.05) is 0 Å². The number of azide groups is 1. The average Bonchev–Trinajstić information content (AvgIpc) is 2.73. The number of aliphatic hydroxyl groups excluding tert-OH is 1. The van der Waals surface area contributed by atoms with E-state index in [-0.39, 0.29) is 0 Å². The van der Waals surface area contributed by atoms with Crippen molar-refractivity contribution >= 4 is 5.97 Å². The Balaban J connectivity index is 2.10. The van der Waals surface area contributed by atoms with Crippen molar-refractivity contribution in [2.75, 3.05) is 0 Å². The van der Waals surface area contributed by atoms with Crippen molar-refractivity contribution in [2.24, 2.45) is 5.11 Å². The predicted octanol–water partition coefficient (Wildman–Crippen LogP) is -0.145. The minimum Gasteiger partial charge on any atom is -0.456 e. The summed E-state index contributed by atoms with van der Waals surface area (Å²) in [6.45, 7) is 3.37. The molecule has 2 heterocycles. The van der Waals surface area contributed by atoms with Crippen LogP contribution in [0.2, 0.25) is 0 Å². The van der Waals surface area contributed by atoms with Gasteiger partial charge < -0.3 is 19.3 Å². The van der Waals surface area contributed by atoms with Gasteiger partial charge in [-0.15, -0.1) is 0 Å². The van der Waals surface area contributed by atoms with Crippen LogP contribution in [0.4, 0.5) is 0 Å². The molecular formula is C9H11N3O5. The molecule has 3 aliphatic rings. The third-order valence-electron chi connectivity index (χ3n) is 3.43. The van der Waals surface area contributed by atoms with Crippen LogP contribution >= 0.6 is 0 Å². The van der Waals surface area contributed by atoms with Gasteiger partial charge in [-0.25, -0.2) is 0 Å². The standard InChI is InChI=1S/C9H11N3O5/c1-8(2)16-4-3-5(13)9(11-12-10,6(4)17-8)7(14)15-3/h3-6,13H,1-2H3/t3-,4+,5+,6+,9+/m1/s1. The summed E-state index contributed by atoms with van der Waals surface area (Å²) in [7, 11) is 0. The lowest BCUT2D eigenvalue weighted by molar-refractivity contribution is -0.168. The molecule has 3 rings (SSSR count). The zero-order valence-electron chi connectivity index (χ0n) is 9.23. The molecule has 2 bridgehead atoms. The number of nitrogens with zero attached hydrogens (tertiary/aromatic N) is 3. The van der Waals surface area contributed by atoms with Crippen molar-refractivity contribution in [1.29, 1.82) is 0 Å². The summed E-state index contributed by atoms with van der Waals surface area (Å²) in [5.41, 5.74) is 6.86. The monoisotopic (exact) mass is 241 g/mol. The van der Waals surface area contributed by atoms with Crippen molar-refractivity contribution in [3.05, 3.63) is 10.4 Å². The van der Waals surface area contributed by atoms with Crippen LogP contribution in [-0.2, 0) is 19.0 Å². The Morgan fingerprint density at radius 1 is 1.41 bits per heavy atom. The van der Waals surface area contributed by atoms with Crippen LogP contribution in [-0.4, -0.2) is 46.8 Å². The molecule has 3 fully saturated rings. The van der Waals surface area contributed by atoms with Crippen LogP contribution in [0.25, 0.3) is 10.4 Å². The van der Waals surface area contributed by atoms with Crippen molar-refractivity contribution < 1.29 is 24.1 Å². The van der Waals surface area contributed by atoms with Crippen LogP contribution in [0.5, 0.6) is 0 Å². The van der Waals surface area contributed by atoms with E-state index < -0.39 is 41.7 Å². The minimum absolute atomic E-state index is 0.594. The number of ether oxygens (including phenoxy) is 3. The highest BCUT2D eigenvalue weighted by Crippen LogP contribution is 2.52. The third kappa shape index (κ3) is 1.08. The smallest absolute Gasteiger partial charge is 0.324 e. The molecule has 0 amide bonds. The summed E-state index contributed by atoms with van der Waals surface area (Å²) in [6.07, 6.45) is -3.45. The Hall–Kier alpha value is -1.34. The molecule has 0 aromatic heterocycles. The molecule has 0 unspecified atom stereocenters. The maximum absolute atomic E-state index is 11.7. The van der Waals surface area contributed by atoms with E-state index >= 15 is 0 Å². The molecule has 1 N–H and O–H groups in total. The van der Waals surface area contributed by atoms with Gasteiger partial charge in [0.1, 0.15) is 18.3 Å². The Morgan fingerprint density at radius 3 is 2.76 bits per heavy atom. The fraction of sp³-hybridized carbons (Fsp3) is 0.889. The largest absolute Gasteiger partial charge is 0.456 e. The summed E-state index contributed by atoms with van der Waals surface area (Å²) < 4.78 is 16.1. The summed E-state index contributed by atoms with van der Waals surface area (Å²) in [5, 5.41) is 13.4. The first-order valence-corrected chi connectivity index (χ1v) is 5.23. The normalized spacial score (nSPS) is 49.7. The molecule has 8 heteroatoms. The summed E-state index contributed by atoms with van der Waals surface area (Å²) >= 11 is 0. The maximum Gasteiger partial charge on any atom is 0.324 e. The predicted molar refractivity (Wildman–Crippen MR) is 51.6 cm³/mol. The van der Waals surface area contributed by atoms with Crippen LogP contribution in [0.3, 0.4) is 0 Å². The van der Waals surface area contributed by atoms with E-state index in [0.717, 1.165) is 0 Å². The highest BCUT2D eigenvalue weighted by atomic mass is 16.8. The van der Waals surface area contributed by atoms with Crippen LogP contribution in [0.1, 0.15) is 13.8 Å². The summed E-state index contributed by atoms with van der Waals surface area (Å²) in [5.74, 6) is -1.65. The number of aliphatic hydroxyl groups is 1. The lowest BCUT2D eigenvalue weighted by atomic mass is 9.95. The highest BCUT2D eigenvalue weighted by Gasteiger charge is 2.76. The molecule has 1 saturated carbocycles. The number of esters is 1. The van der Waals surface area contributed by atoms with Gasteiger partial charge in [0.25, 0.3) is 0 Å². The fourth-order valence-electron chi connectivity index (χ4n) is 2.79. The van der Waals surface area contributed by atoms with E-state index in [1.54, 1.807) is 13.8 Å². The second-order valence-corrected chi connectivity index (χ2v) is 4.85. The molecule has 0 spiro atoms. The number of fused-ring (bicyclic) bond motifs is 5. The molecule has 0 aromatic rings. The second-order valence-electron chi connectivity index (χ2n) is 4.85. The number of carbonyl (C=O) groups excluding carboxylic acids is 1. The second kappa shape index (κ2) is 2.91. The Morgan fingerprint density at radius 2 is 2.12 bits per heavy atom. The fourth-order valence-corrected chi connectivity index (χ4v) is 2.79. The highest BCUT2D eigenvalue weighted by molar-refractivity contribution is 5.87. The van der Waals surface area contributed by atoms with Crippen molar-refractivity contribution in [3.63, 3.8) is 0 Å². The van der Waals surface area contributed by atoms with Crippen molar-refractivity contribution in [2.45, 2.75) is 49.6 Å². The zero-order chi connectivity index (χ0) is 12.4. The van der Waals surface area contributed by atoms with Gasteiger partial charge in [-0.2, -0.15) is 0 Å². The van der Waals surface area contributed by atoms with Crippen LogP contribution in [0.15, 0.2) is 5.11 Å². The number of rotatable bonds is 1. The van der Waals surface area contributed by atoms with Crippen LogP contribution in [0, 0.1) is 0 Å². The summed E-state index contributed by atoms with van der Waals surface area (Å²) in [6, 6.07) is 0. The number of hydrogen-bond donors (Lipinski definition) is 1. The van der Waals surface area contributed by atoms with E-state index in [4.69, 9.17) is 19.7 Å². The molecule has 8 nitrogen and oxygen atoms in total. The molecule has 5 atom stereocenters. The van der Waals surface area contributed by atoms with Gasteiger partial charge in [0, 0.05) is 4.91 Å². The minimum atomic E-state index is -1.71. The van der Waals surface area contributed by atoms with Gasteiger partial charge in [-0.1, -0.05) is 5.11 Å². The first-order valence-electron chi connectivity index (χ1n) is 5.23. The first-order chi connectivity index (χ1) is 7.92. The van der Waals surface area contributed by atoms with Crippen molar-refractivity contribution in [1.82, 2.24) is 0 Å². The van der Waals surface area contributed by atoms with E-state index in [9.17, 15) is 9.90 Å². The van der Waals surface area contributed by atoms with Gasteiger partial charge in [-0.05, 0) is 19.4 Å². The zero-order valence-corrected chi connectivity index (χ0v) is 9.23. The van der Waals surface area contributed by atoms with E-state index in [2.05, 4.69) is 10.0 Å². The molecule has 17 heavy (non-hydrogen) atoms. The number of hydrogen-bond acceptors (Lipinski definition) is 6. The van der Waals surface area contributed by atoms with Gasteiger partial charge in [-0.3, -0.25) is 4.79 Å². The Labute approximate surface area is 96.1 Å². The quantitative estimate of drug-likeness (QED) is 0.297. The van der Waals surface area contributed by atoms with Gasteiger partial charge in [0.2, 0.25) is 5.54 Å². The third-order valence-corrected chi connectivity index (χ3v) is 3.43. The lowest BCUT2D eigenvalue weighted by Gasteiger charge is -2.27. The van der Waals surface area contributed by atoms with Gasteiger partial charge >= 0.3 is 5.97 Å². The molecule has 1 aliphatic carbocycles. The van der Waals surface area contributed by atoms with Gasteiger partial charge in [0.15, 0.2) is 11.9 Å². The Kier molecular flexibility index (Phi) is 1.85. The summed E-state index contributed by atoms with van der Waals surface area (Å²) in [4.78, 5) is 14.4. The molecule has 2 saturated heterocycles. The lowest BCUT2D eigenvalue weighted by Crippen LogP contribution is -2.52. The SMILES string of the molecule is CC1(C)O[C@H]2[C@H]3OC(=O)[C@](N=[N+]=[N-])([C@H]3O)[C@H]2O1. The van der Waals surface area contributed by atoms with E-state index in [0.29, 0.717) is 0 Å². The molecule has 92 valence electrons. The molecular weight excluding hydrogens is 230 g/mol.